The zero-order chi connectivity index (χ0) is 14.6. The van der Waals surface area contributed by atoms with Crippen LogP contribution in [0.15, 0.2) is 23.2 Å². The molecule has 0 bridgehead atoms. The number of guanidine groups is 1. The van der Waals surface area contributed by atoms with E-state index in [1.54, 1.807) is 13.0 Å². The van der Waals surface area contributed by atoms with E-state index < -0.39 is 0 Å². The van der Waals surface area contributed by atoms with E-state index in [9.17, 15) is 10.1 Å². The predicted molar refractivity (Wildman–Crippen MR) is 76.0 cm³/mol. The lowest BCUT2D eigenvalue weighted by atomic mass is 10.1. The highest BCUT2D eigenvalue weighted by atomic mass is 16.6. The van der Waals surface area contributed by atoms with Gasteiger partial charge in [-0.15, -0.1) is 0 Å². The SMILES string of the molecule is Cc1c(CN=C(N)NC(C)(C)C)cccc1[N+](=O)[O-]. The molecule has 6 heteroatoms. The minimum absolute atomic E-state index is 0.107. The van der Waals surface area contributed by atoms with Crippen molar-refractivity contribution >= 4 is 11.6 Å². The van der Waals surface area contributed by atoms with Crippen molar-refractivity contribution in [2.45, 2.75) is 39.8 Å². The highest BCUT2D eigenvalue weighted by Gasteiger charge is 2.13. The maximum absolute atomic E-state index is 10.8. The molecule has 104 valence electrons. The van der Waals surface area contributed by atoms with Gasteiger partial charge in [-0.25, -0.2) is 4.99 Å². The summed E-state index contributed by atoms with van der Waals surface area (Å²) in [4.78, 5) is 14.6. The number of nitro groups is 1. The van der Waals surface area contributed by atoms with Gasteiger partial charge in [0.15, 0.2) is 5.96 Å². The molecule has 19 heavy (non-hydrogen) atoms. The topological polar surface area (TPSA) is 93.5 Å². The van der Waals surface area contributed by atoms with Crippen LogP contribution in [0.2, 0.25) is 0 Å². The Bertz CT molecular complexity index is 504. The average Bonchev–Trinajstić information content (AvgIpc) is 2.24. The number of nitrogens with zero attached hydrogens (tertiary/aromatic N) is 2. The molecule has 0 radical (unpaired) electrons. The van der Waals surface area contributed by atoms with Crippen LogP contribution in [0.25, 0.3) is 0 Å². The molecular weight excluding hydrogens is 244 g/mol. The van der Waals surface area contributed by atoms with Crippen LogP contribution in [-0.4, -0.2) is 16.4 Å². The van der Waals surface area contributed by atoms with Gasteiger partial charge in [0.05, 0.1) is 11.5 Å². The third-order valence-corrected chi connectivity index (χ3v) is 2.54. The van der Waals surface area contributed by atoms with Crippen LogP contribution in [0.4, 0.5) is 5.69 Å². The Labute approximate surface area is 112 Å². The van der Waals surface area contributed by atoms with Crippen LogP contribution in [0, 0.1) is 17.0 Å². The second-order valence-corrected chi connectivity index (χ2v) is 5.39. The summed E-state index contributed by atoms with van der Waals surface area (Å²) in [6, 6.07) is 4.96. The highest BCUT2D eigenvalue weighted by Crippen LogP contribution is 2.21. The van der Waals surface area contributed by atoms with Crippen LogP contribution in [0.3, 0.4) is 0 Å². The molecule has 0 heterocycles. The number of nitro benzene ring substituents is 1. The van der Waals surface area contributed by atoms with E-state index >= 15 is 0 Å². The summed E-state index contributed by atoms with van der Waals surface area (Å²) in [5.74, 6) is 0.332. The first kappa shape index (κ1) is 14.9. The van der Waals surface area contributed by atoms with Crippen molar-refractivity contribution in [1.29, 1.82) is 0 Å². The first-order chi connectivity index (χ1) is 8.70. The number of benzene rings is 1. The van der Waals surface area contributed by atoms with E-state index in [2.05, 4.69) is 10.3 Å². The van der Waals surface area contributed by atoms with E-state index in [0.717, 1.165) is 5.56 Å². The summed E-state index contributed by atoms with van der Waals surface area (Å²) in [6.45, 7) is 7.98. The smallest absolute Gasteiger partial charge is 0.272 e. The molecule has 1 aromatic carbocycles. The van der Waals surface area contributed by atoms with Gasteiger partial charge >= 0.3 is 0 Å². The van der Waals surface area contributed by atoms with Gasteiger partial charge in [0.25, 0.3) is 5.69 Å². The molecule has 0 aliphatic carbocycles. The lowest BCUT2D eigenvalue weighted by Gasteiger charge is -2.21. The van der Waals surface area contributed by atoms with Crippen LogP contribution >= 0.6 is 0 Å². The second-order valence-electron chi connectivity index (χ2n) is 5.39. The van der Waals surface area contributed by atoms with Crippen LogP contribution in [-0.2, 0) is 6.54 Å². The summed E-state index contributed by atoms with van der Waals surface area (Å²) in [5, 5.41) is 13.9. The van der Waals surface area contributed by atoms with Crippen molar-refractivity contribution in [3.8, 4) is 0 Å². The molecule has 0 unspecified atom stereocenters. The number of nitrogens with two attached hydrogens (primary N) is 1. The number of nitrogens with one attached hydrogen (secondary N) is 1. The van der Waals surface area contributed by atoms with Crippen molar-refractivity contribution in [3.05, 3.63) is 39.4 Å². The van der Waals surface area contributed by atoms with Crippen molar-refractivity contribution in [3.63, 3.8) is 0 Å². The van der Waals surface area contributed by atoms with Gasteiger partial charge in [-0.05, 0) is 33.3 Å². The normalized spacial score (nSPS) is 12.3. The third-order valence-electron chi connectivity index (χ3n) is 2.54. The van der Waals surface area contributed by atoms with Crippen LogP contribution in [0.1, 0.15) is 31.9 Å². The molecular formula is C13H20N4O2. The zero-order valence-corrected chi connectivity index (χ0v) is 11.7. The summed E-state index contributed by atoms with van der Waals surface area (Å²) in [5.41, 5.74) is 7.13. The number of rotatable bonds is 3. The van der Waals surface area contributed by atoms with E-state index in [1.165, 1.54) is 6.07 Å². The van der Waals surface area contributed by atoms with E-state index in [4.69, 9.17) is 5.73 Å². The highest BCUT2D eigenvalue weighted by molar-refractivity contribution is 5.78. The van der Waals surface area contributed by atoms with Gasteiger partial charge in [0, 0.05) is 17.2 Å². The average molecular weight is 264 g/mol. The van der Waals surface area contributed by atoms with Gasteiger partial charge in [-0.1, -0.05) is 12.1 Å². The van der Waals surface area contributed by atoms with Gasteiger partial charge in [-0.2, -0.15) is 0 Å². The van der Waals surface area contributed by atoms with Crippen LogP contribution < -0.4 is 11.1 Å². The zero-order valence-electron chi connectivity index (χ0n) is 11.7. The fourth-order valence-corrected chi connectivity index (χ4v) is 1.63. The Morgan fingerprint density at radius 1 is 1.47 bits per heavy atom. The molecule has 3 N–H and O–H groups in total. The Hall–Kier alpha value is -2.11. The monoisotopic (exact) mass is 264 g/mol. The molecule has 0 atom stereocenters. The van der Waals surface area contributed by atoms with Gasteiger partial charge in [0.1, 0.15) is 0 Å². The maximum atomic E-state index is 10.8. The molecule has 0 aromatic heterocycles. The van der Waals surface area contributed by atoms with Gasteiger partial charge in [0.2, 0.25) is 0 Å². The molecule has 1 aromatic rings. The van der Waals surface area contributed by atoms with E-state index in [1.807, 2.05) is 26.8 Å². The number of hydrogen-bond acceptors (Lipinski definition) is 3. The van der Waals surface area contributed by atoms with E-state index in [-0.39, 0.29) is 16.1 Å². The Balaban J connectivity index is 2.87. The summed E-state index contributed by atoms with van der Waals surface area (Å²) < 4.78 is 0. The summed E-state index contributed by atoms with van der Waals surface area (Å²) >= 11 is 0. The quantitative estimate of drug-likeness (QED) is 0.378. The second kappa shape index (κ2) is 5.69. The molecule has 0 saturated heterocycles. The van der Waals surface area contributed by atoms with Gasteiger partial charge in [-0.3, -0.25) is 10.1 Å². The first-order valence-corrected chi connectivity index (χ1v) is 6.01. The van der Waals surface area contributed by atoms with Crippen molar-refractivity contribution in [1.82, 2.24) is 5.32 Å². The van der Waals surface area contributed by atoms with Crippen LogP contribution in [0.5, 0.6) is 0 Å². The molecule has 1 rings (SSSR count). The lowest BCUT2D eigenvalue weighted by Crippen LogP contribution is -2.44. The Morgan fingerprint density at radius 2 is 2.11 bits per heavy atom. The molecule has 6 nitrogen and oxygen atoms in total. The summed E-state index contributed by atoms with van der Waals surface area (Å²) in [7, 11) is 0. The maximum Gasteiger partial charge on any atom is 0.272 e. The van der Waals surface area contributed by atoms with Crippen molar-refractivity contribution in [2.75, 3.05) is 0 Å². The third kappa shape index (κ3) is 4.57. The standard InChI is InChI=1S/C13H20N4O2/c1-9-10(6-5-7-11(9)17(18)19)8-15-12(14)16-13(2,3)4/h5-7H,8H2,1-4H3,(H3,14,15,16). The largest absolute Gasteiger partial charge is 0.370 e. The number of hydrogen-bond donors (Lipinski definition) is 2. The van der Waals surface area contributed by atoms with Crippen molar-refractivity contribution < 1.29 is 4.92 Å². The fraction of sp³-hybridized carbons (Fsp3) is 0.462. The summed E-state index contributed by atoms with van der Waals surface area (Å²) in [6.07, 6.45) is 0. The predicted octanol–water partition coefficient (Wildman–Crippen LogP) is 2.11. The van der Waals surface area contributed by atoms with Crippen molar-refractivity contribution in [2.24, 2.45) is 10.7 Å². The fourth-order valence-electron chi connectivity index (χ4n) is 1.63. The Morgan fingerprint density at radius 3 is 2.63 bits per heavy atom. The first-order valence-electron chi connectivity index (χ1n) is 6.01. The molecule has 0 spiro atoms. The van der Waals surface area contributed by atoms with Gasteiger partial charge < -0.3 is 11.1 Å². The molecule has 0 amide bonds. The van der Waals surface area contributed by atoms with E-state index in [0.29, 0.717) is 18.1 Å². The molecule has 0 aliphatic rings. The minimum Gasteiger partial charge on any atom is -0.370 e. The molecule has 0 fully saturated rings. The lowest BCUT2D eigenvalue weighted by molar-refractivity contribution is -0.385. The molecule has 0 aliphatic heterocycles. The number of aliphatic imine (C=N–C) groups is 1. The molecule has 0 saturated carbocycles. The Kier molecular flexibility index (Phi) is 4.47. The minimum atomic E-state index is -0.390.